The van der Waals surface area contributed by atoms with Gasteiger partial charge in [-0.2, -0.15) is 15.0 Å². The van der Waals surface area contributed by atoms with E-state index < -0.39 is 0 Å². The molecule has 33 heavy (non-hydrogen) atoms. The first-order valence-corrected chi connectivity index (χ1v) is 11.0. The van der Waals surface area contributed by atoms with Gasteiger partial charge in [-0.25, -0.2) is 4.98 Å². The molecule has 0 N–H and O–H groups in total. The highest BCUT2D eigenvalue weighted by molar-refractivity contribution is 5.98. The summed E-state index contributed by atoms with van der Waals surface area (Å²) < 4.78 is 12.0. The number of aromatic nitrogens is 4. The molecule has 1 aliphatic rings. The minimum atomic E-state index is -0.262. The summed E-state index contributed by atoms with van der Waals surface area (Å²) in [6.07, 6.45) is 4.67. The van der Waals surface area contributed by atoms with Gasteiger partial charge in [0.25, 0.3) is 5.91 Å². The number of rotatable bonds is 5. The number of morpholine rings is 1. The highest BCUT2D eigenvalue weighted by atomic mass is 16.5. The Morgan fingerprint density at radius 2 is 1.94 bits per heavy atom. The van der Waals surface area contributed by atoms with Crippen molar-refractivity contribution in [3.63, 3.8) is 0 Å². The maximum absolute atomic E-state index is 13.6. The number of carbonyl (C=O) groups is 1. The van der Waals surface area contributed by atoms with Crippen LogP contribution in [0.25, 0.3) is 16.5 Å². The van der Waals surface area contributed by atoms with Crippen LogP contribution in [-0.2, 0) is 4.74 Å². The molecule has 2 aromatic heterocycles. The van der Waals surface area contributed by atoms with Crippen molar-refractivity contribution in [1.82, 2.24) is 24.9 Å². The van der Waals surface area contributed by atoms with Gasteiger partial charge in [-0.1, -0.05) is 29.8 Å². The molecule has 8 heteroatoms. The Morgan fingerprint density at radius 1 is 1.12 bits per heavy atom. The third kappa shape index (κ3) is 4.29. The van der Waals surface area contributed by atoms with Crippen LogP contribution >= 0.6 is 0 Å². The van der Waals surface area contributed by atoms with E-state index in [1.807, 2.05) is 67.3 Å². The summed E-state index contributed by atoms with van der Waals surface area (Å²) in [6, 6.07) is 15.6. The molecule has 1 unspecified atom stereocenters. The summed E-state index contributed by atoms with van der Waals surface area (Å²) in [7, 11) is 0. The largest absolute Gasteiger partial charge is 0.474 e. The SMILES string of the molecule is Cc1ccc(-n2nccn2)c(C(=O)N2C[C@H](COc3nccc4ccccc34)OCC2C)c1. The van der Waals surface area contributed by atoms with E-state index in [1.165, 1.54) is 4.80 Å². The van der Waals surface area contributed by atoms with Gasteiger partial charge < -0.3 is 14.4 Å². The fourth-order valence-corrected chi connectivity index (χ4v) is 4.07. The molecule has 2 atom stereocenters. The lowest BCUT2D eigenvalue weighted by Crippen LogP contribution is -2.52. The fourth-order valence-electron chi connectivity index (χ4n) is 4.07. The van der Waals surface area contributed by atoms with Crippen molar-refractivity contribution in [1.29, 1.82) is 0 Å². The number of hydrogen-bond donors (Lipinski definition) is 0. The Balaban J connectivity index is 1.34. The number of aryl methyl sites for hydroxylation is 1. The van der Waals surface area contributed by atoms with E-state index in [0.717, 1.165) is 16.3 Å². The molecule has 1 aliphatic heterocycles. The van der Waals surface area contributed by atoms with Crippen LogP contribution in [0.4, 0.5) is 0 Å². The molecule has 168 valence electrons. The second-order valence-corrected chi connectivity index (χ2v) is 8.25. The summed E-state index contributed by atoms with van der Waals surface area (Å²) >= 11 is 0. The van der Waals surface area contributed by atoms with E-state index in [0.29, 0.717) is 36.9 Å². The Hall–Kier alpha value is -3.78. The average molecular weight is 444 g/mol. The zero-order valence-electron chi connectivity index (χ0n) is 18.6. The fraction of sp³-hybridized carbons (Fsp3) is 0.280. The second kappa shape index (κ2) is 8.99. The van der Waals surface area contributed by atoms with Crippen molar-refractivity contribution in [2.75, 3.05) is 19.8 Å². The van der Waals surface area contributed by atoms with Crippen LogP contribution in [0.2, 0.25) is 0 Å². The Bertz CT molecular complexity index is 1270. The van der Waals surface area contributed by atoms with Gasteiger partial charge in [0.2, 0.25) is 5.88 Å². The van der Waals surface area contributed by atoms with Gasteiger partial charge in [0.1, 0.15) is 12.7 Å². The van der Waals surface area contributed by atoms with E-state index in [1.54, 1.807) is 18.6 Å². The molecule has 4 aromatic rings. The standard InChI is InChI=1S/C25H25N5O3/c1-17-7-8-23(30-27-11-12-28-30)22(13-17)25(31)29-14-20(32-15-18(29)2)16-33-24-21-6-4-3-5-19(21)9-10-26-24/h3-13,18,20H,14-16H2,1-2H3/t18?,20-/m1/s1. The molecule has 1 fully saturated rings. The van der Waals surface area contributed by atoms with Crippen molar-refractivity contribution in [3.8, 4) is 11.6 Å². The molecule has 2 aromatic carbocycles. The van der Waals surface area contributed by atoms with E-state index >= 15 is 0 Å². The maximum Gasteiger partial charge on any atom is 0.256 e. The Kier molecular flexibility index (Phi) is 5.75. The minimum absolute atomic E-state index is 0.0663. The summed E-state index contributed by atoms with van der Waals surface area (Å²) in [5.74, 6) is 0.494. The third-order valence-electron chi connectivity index (χ3n) is 5.83. The average Bonchev–Trinajstić information content (AvgIpc) is 3.38. The Morgan fingerprint density at radius 3 is 2.79 bits per heavy atom. The molecule has 1 amide bonds. The maximum atomic E-state index is 13.6. The van der Waals surface area contributed by atoms with Gasteiger partial charge in [0.05, 0.1) is 42.8 Å². The number of amides is 1. The molecule has 0 spiro atoms. The van der Waals surface area contributed by atoms with E-state index in [-0.39, 0.29) is 18.1 Å². The van der Waals surface area contributed by atoms with Crippen molar-refractivity contribution in [2.24, 2.45) is 0 Å². The first-order valence-electron chi connectivity index (χ1n) is 11.0. The molecule has 5 rings (SSSR count). The van der Waals surface area contributed by atoms with Gasteiger partial charge in [0.15, 0.2) is 0 Å². The number of pyridine rings is 1. The molecule has 1 saturated heterocycles. The summed E-state index contributed by atoms with van der Waals surface area (Å²) in [4.78, 5) is 21.3. The van der Waals surface area contributed by atoms with Crippen LogP contribution in [0.3, 0.4) is 0 Å². The lowest BCUT2D eigenvalue weighted by atomic mass is 10.1. The summed E-state index contributed by atoms with van der Waals surface area (Å²) in [5.41, 5.74) is 2.22. The van der Waals surface area contributed by atoms with Crippen LogP contribution in [0.1, 0.15) is 22.8 Å². The van der Waals surface area contributed by atoms with Crippen LogP contribution in [0.5, 0.6) is 5.88 Å². The van der Waals surface area contributed by atoms with E-state index in [2.05, 4.69) is 15.2 Å². The smallest absolute Gasteiger partial charge is 0.256 e. The molecule has 0 radical (unpaired) electrons. The van der Waals surface area contributed by atoms with Crippen molar-refractivity contribution in [3.05, 3.63) is 78.2 Å². The molecule has 3 heterocycles. The monoisotopic (exact) mass is 443 g/mol. The van der Waals surface area contributed by atoms with Gasteiger partial charge in [0, 0.05) is 11.6 Å². The highest BCUT2D eigenvalue weighted by Gasteiger charge is 2.32. The normalized spacial score (nSPS) is 18.4. The molecule has 8 nitrogen and oxygen atoms in total. The number of benzene rings is 2. The third-order valence-corrected chi connectivity index (χ3v) is 5.83. The van der Waals surface area contributed by atoms with E-state index in [4.69, 9.17) is 9.47 Å². The molecule has 0 bridgehead atoms. The molecule has 0 aliphatic carbocycles. The molecular formula is C25H25N5O3. The minimum Gasteiger partial charge on any atom is -0.474 e. The van der Waals surface area contributed by atoms with Crippen molar-refractivity contribution in [2.45, 2.75) is 26.0 Å². The van der Waals surface area contributed by atoms with Crippen molar-refractivity contribution < 1.29 is 14.3 Å². The van der Waals surface area contributed by atoms with E-state index in [9.17, 15) is 4.79 Å². The number of hydrogen-bond acceptors (Lipinski definition) is 6. The zero-order chi connectivity index (χ0) is 22.8. The number of fused-ring (bicyclic) bond motifs is 1. The molecule has 0 saturated carbocycles. The van der Waals surface area contributed by atoms with Crippen LogP contribution in [0, 0.1) is 6.92 Å². The lowest BCUT2D eigenvalue weighted by molar-refractivity contribution is -0.0630. The lowest BCUT2D eigenvalue weighted by Gasteiger charge is -2.38. The number of ether oxygens (including phenoxy) is 2. The quantitative estimate of drug-likeness (QED) is 0.470. The van der Waals surface area contributed by atoms with Crippen LogP contribution in [0.15, 0.2) is 67.1 Å². The van der Waals surface area contributed by atoms with Gasteiger partial charge in [-0.15, -0.1) is 0 Å². The first kappa shape index (κ1) is 21.1. The Labute approximate surface area is 191 Å². The second-order valence-electron chi connectivity index (χ2n) is 8.25. The van der Waals surface area contributed by atoms with Crippen LogP contribution in [-0.4, -0.2) is 62.7 Å². The number of nitrogens with zero attached hydrogens (tertiary/aromatic N) is 5. The van der Waals surface area contributed by atoms with Crippen LogP contribution < -0.4 is 4.74 Å². The number of carbonyl (C=O) groups excluding carboxylic acids is 1. The van der Waals surface area contributed by atoms with Gasteiger partial charge in [-0.3, -0.25) is 4.79 Å². The zero-order valence-corrected chi connectivity index (χ0v) is 18.6. The predicted molar refractivity (Wildman–Crippen MR) is 124 cm³/mol. The molecular weight excluding hydrogens is 418 g/mol. The predicted octanol–water partition coefficient (Wildman–Crippen LogP) is 3.43. The summed E-state index contributed by atoms with van der Waals surface area (Å²) in [5, 5.41) is 10.4. The highest BCUT2D eigenvalue weighted by Crippen LogP contribution is 2.24. The van der Waals surface area contributed by atoms with Crippen molar-refractivity contribution >= 4 is 16.7 Å². The topological polar surface area (TPSA) is 82.4 Å². The summed E-state index contributed by atoms with van der Waals surface area (Å²) in [6.45, 7) is 5.12. The first-order chi connectivity index (χ1) is 16.1. The van der Waals surface area contributed by atoms with Gasteiger partial charge >= 0.3 is 0 Å². The van der Waals surface area contributed by atoms with Gasteiger partial charge in [-0.05, 0) is 43.5 Å².